The Morgan fingerprint density at radius 2 is 1.79 bits per heavy atom. The van der Waals surface area contributed by atoms with Gasteiger partial charge in [-0.25, -0.2) is 8.42 Å². The third-order valence-electron chi connectivity index (χ3n) is 7.50. The molecule has 1 saturated heterocycles. The number of anilines is 2. The number of nitrogen functional groups attached to an aromatic ring is 1. The first kappa shape index (κ1) is 26.5. The summed E-state index contributed by atoms with van der Waals surface area (Å²) in [6, 6.07) is 13.8. The maximum absolute atomic E-state index is 13.6. The number of nitrogens with two attached hydrogens (primary N) is 1. The second-order valence-electron chi connectivity index (χ2n) is 10.1. The zero-order chi connectivity index (χ0) is 26.9. The Hall–Kier alpha value is -3.08. The van der Waals surface area contributed by atoms with Crippen molar-refractivity contribution in [2.45, 2.75) is 31.9 Å². The van der Waals surface area contributed by atoms with Crippen molar-refractivity contribution >= 4 is 33.0 Å². The molecule has 11 heteroatoms. The molecule has 1 aliphatic heterocycles. The van der Waals surface area contributed by atoms with Crippen LogP contribution in [0.25, 0.3) is 5.69 Å². The van der Waals surface area contributed by atoms with E-state index in [0.717, 1.165) is 19.3 Å². The van der Waals surface area contributed by atoms with E-state index in [9.17, 15) is 13.2 Å². The fraction of sp³-hybridized carbons (Fsp3) is 0.407. The molecule has 0 amide bonds. The monoisotopic (exact) mass is 557 g/mol. The molecule has 0 spiro atoms. The maximum atomic E-state index is 13.6. The van der Waals surface area contributed by atoms with Crippen LogP contribution in [0.15, 0.2) is 59.5 Å². The van der Waals surface area contributed by atoms with E-state index in [-0.39, 0.29) is 22.5 Å². The van der Waals surface area contributed by atoms with Crippen LogP contribution in [0, 0.1) is 5.41 Å². The summed E-state index contributed by atoms with van der Waals surface area (Å²) in [5.41, 5.74) is 7.88. The van der Waals surface area contributed by atoms with Crippen LogP contribution in [0.3, 0.4) is 0 Å². The first-order chi connectivity index (χ1) is 18.2. The molecule has 5 rings (SSSR count). The van der Waals surface area contributed by atoms with Crippen LogP contribution in [0.4, 0.5) is 11.4 Å². The smallest absolute Gasteiger partial charge is 0.316 e. The van der Waals surface area contributed by atoms with Gasteiger partial charge in [0.25, 0.3) is 0 Å². The first-order valence-corrected chi connectivity index (χ1v) is 14.8. The second-order valence-corrected chi connectivity index (χ2v) is 12.5. The Morgan fingerprint density at radius 1 is 1.08 bits per heavy atom. The predicted octanol–water partition coefficient (Wildman–Crippen LogP) is 3.69. The van der Waals surface area contributed by atoms with Crippen molar-refractivity contribution in [3.8, 4) is 11.4 Å². The molecule has 2 aliphatic rings. The summed E-state index contributed by atoms with van der Waals surface area (Å²) < 4.78 is 35.1. The van der Waals surface area contributed by atoms with Gasteiger partial charge in [0.1, 0.15) is 5.69 Å². The van der Waals surface area contributed by atoms with Gasteiger partial charge >= 0.3 is 5.56 Å². The van der Waals surface area contributed by atoms with Crippen LogP contribution in [0.5, 0.6) is 5.75 Å². The molecule has 2 N–H and O–H groups in total. The van der Waals surface area contributed by atoms with Crippen molar-refractivity contribution in [3.05, 3.63) is 75.7 Å². The number of ether oxygens (including phenoxy) is 1. The molecule has 1 aliphatic carbocycles. The topological polar surface area (TPSA) is 111 Å². The summed E-state index contributed by atoms with van der Waals surface area (Å²) in [5, 5.41) is 4.92. The second kappa shape index (κ2) is 10.6. The molecule has 2 fully saturated rings. The van der Waals surface area contributed by atoms with Crippen LogP contribution in [0.1, 0.15) is 31.7 Å². The Balaban J connectivity index is 1.37. The third kappa shape index (κ3) is 5.67. The lowest BCUT2D eigenvalue weighted by atomic mass is 10.1. The van der Waals surface area contributed by atoms with E-state index in [1.54, 1.807) is 54.7 Å². The number of halogens is 1. The van der Waals surface area contributed by atoms with Crippen molar-refractivity contribution in [1.82, 2.24) is 14.1 Å². The molecule has 0 atom stereocenters. The summed E-state index contributed by atoms with van der Waals surface area (Å²) in [6.07, 6.45) is 4.77. The number of benzene rings is 2. The SMILES string of the molecule is CCC1(COc2c(N3CCN(S(=O)(=O)Cc4ccc(N)cc4)CC3)cnn(-c3cccc(Cl)c3)c2=O)CC1. The zero-order valence-electron chi connectivity index (χ0n) is 21.3. The van der Waals surface area contributed by atoms with Gasteiger partial charge < -0.3 is 15.4 Å². The standard InChI is InChI=1S/C27H32ClN5O4S/c1-2-27(10-11-27)19-37-25-24(17-30-33(26(25)34)23-5-3-4-21(28)16-23)31-12-14-32(15-13-31)38(35,36)18-20-6-8-22(29)9-7-20/h3-9,16-17H,2,10-15,18-19,29H2,1H3. The van der Waals surface area contributed by atoms with Crippen LogP contribution < -0.4 is 20.9 Å². The molecule has 38 heavy (non-hydrogen) atoms. The Labute approximate surface area is 227 Å². The summed E-state index contributed by atoms with van der Waals surface area (Å²) in [4.78, 5) is 15.6. The largest absolute Gasteiger partial charge is 0.486 e. The van der Waals surface area contributed by atoms with Crippen LogP contribution in [-0.2, 0) is 15.8 Å². The van der Waals surface area contributed by atoms with Gasteiger partial charge in [-0.15, -0.1) is 0 Å². The van der Waals surface area contributed by atoms with Gasteiger partial charge in [0.15, 0.2) is 0 Å². The molecule has 202 valence electrons. The molecule has 2 aromatic carbocycles. The summed E-state index contributed by atoms with van der Waals surface area (Å²) in [7, 11) is -3.50. The zero-order valence-corrected chi connectivity index (χ0v) is 22.9. The molecule has 2 heterocycles. The quantitative estimate of drug-likeness (QED) is 0.399. The lowest BCUT2D eigenvalue weighted by Crippen LogP contribution is -2.49. The molecule has 9 nitrogen and oxygen atoms in total. The van der Waals surface area contributed by atoms with Crippen LogP contribution in [-0.4, -0.2) is 55.3 Å². The van der Waals surface area contributed by atoms with Crippen molar-refractivity contribution < 1.29 is 13.2 Å². The normalized spacial score (nSPS) is 17.4. The van der Waals surface area contributed by atoms with Crippen molar-refractivity contribution in [1.29, 1.82) is 0 Å². The number of hydrogen-bond acceptors (Lipinski definition) is 7. The van der Waals surface area contributed by atoms with E-state index in [4.69, 9.17) is 22.1 Å². The Bertz CT molecular complexity index is 1460. The average molecular weight is 558 g/mol. The van der Waals surface area contributed by atoms with E-state index in [1.165, 1.54) is 8.99 Å². The van der Waals surface area contributed by atoms with Gasteiger partial charge in [0.05, 0.1) is 24.2 Å². The summed E-state index contributed by atoms with van der Waals surface area (Å²) >= 11 is 6.15. The molecule has 0 bridgehead atoms. The van der Waals surface area contributed by atoms with E-state index >= 15 is 0 Å². The number of nitrogens with zero attached hydrogens (tertiary/aromatic N) is 4. The minimum atomic E-state index is -3.50. The highest BCUT2D eigenvalue weighted by Crippen LogP contribution is 2.49. The number of aromatic nitrogens is 2. The van der Waals surface area contributed by atoms with E-state index in [1.807, 2.05) is 4.90 Å². The van der Waals surface area contributed by atoms with Gasteiger partial charge in [0, 0.05) is 42.3 Å². The maximum Gasteiger partial charge on any atom is 0.316 e. The highest BCUT2D eigenvalue weighted by atomic mass is 35.5. The predicted molar refractivity (Wildman–Crippen MR) is 150 cm³/mol. The molecule has 3 aromatic rings. The number of hydrogen-bond donors (Lipinski definition) is 1. The van der Waals surface area contributed by atoms with Gasteiger partial charge in [-0.3, -0.25) is 4.79 Å². The number of sulfonamides is 1. The van der Waals surface area contributed by atoms with Crippen molar-refractivity contribution in [2.75, 3.05) is 43.4 Å². The van der Waals surface area contributed by atoms with Gasteiger partial charge in [-0.2, -0.15) is 14.1 Å². The number of rotatable bonds is 9. The molecule has 1 aromatic heterocycles. The van der Waals surface area contributed by atoms with Gasteiger partial charge in [0.2, 0.25) is 15.8 Å². The van der Waals surface area contributed by atoms with E-state index in [2.05, 4.69) is 12.0 Å². The Morgan fingerprint density at radius 3 is 2.42 bits per heavy atom. The number of piperazine rings is 1. The lowest BCUT2D eigenvalue weighted by molar-refractivity contribution is 0.225. The first-order valence-electron chi connectivity index (χ1n) is 12.8. The fourth-order valence-corrected chi connectivity index (χ4v) is 6.41. The van der Waals surface area contributed by atoms with Crippen LogP contribution in [0.2, 0.25) is 5.02 Å². The average Bonchev–Trinajstić information content (AvgIpc) is 3.69. The van der Waals surface area contributed by atoms with E-state index < -0.39 is 10.0 Å². The van der Waals surface area contributed by atoms with Crippen molar-refractivity contribution in [3.63, 3.8) is 0 Å². The highest BCUT2D eigenvalue weighted by Gasteiger charge is 2.42. The minimum absolute atomic E-state index is 0.0853. The molecule has 1 saturated carbocycles. The Kier molecular flexibility index (Phi) is 7.39. The minimum Gasteiger partial charge on any atom is -0.486 e. The lowest BCUT2D eigenvalue weighted by Gasteiger charge is -2.35. The summed E-state index contributed by atoms with van der Waals surface area (Å²) in [6.45, 7) is 4.02. The van der Waals surface area contributed by atoms with Crippen molar-refractivity contribution in [2.24, 2.45) is 5.41 Å². The molecular weight excluding hydrogens is 526 g/mol. The molecule has 0 radical (unpaired) electrons. The van der Waals surface area contributed by atoms with Gasteiger partial charge in [-0.1, -0.05) is 36.7 Å². The van der Waals surface area contributed by atoms with Crippen LogP contribution >= 0.6 is 11.6 Å². The fourth-order valence-electron chi connectivity index (χ4n) is 4.71. The van der Waals surface area contributed by atoms with E-state index in [0.29, 0.717) is 60.4 Å². The van der Waals surface area contributed by atoms with Gasteiger partial charge in [-0.05, 0) is 55.2 Å². The summed E-state index contributed by atoms with van der Waals surface area (Å²) in [5.74, 6) is 0.149. The molecular formula is C27H32ClN5O4S. The third-order valence-corrected chi connectivity index (χ3v) is 9.58. The molecule has 0 unspecified atom stereocenters. The highest BCUT2D eigenvalue weighted by molar-refractivity contribution is 7.88.